The van der Waals surface area contributed by atoms with Gasteiger partial charge in [-0.15, -0.1) is 6.58 Å². The minimum Gasteiger partial charge on any atom is -0.478 e. The van der Waals surface area contributed by atoms with Gasteiger partial charge in [-0.25, -0.2) is 4.79 Å². The van der Waals surface area contributed by atoms with Gasteiger partial charge >= 0.3 is 5.97 Å². The summed E-state index contributed by atoms with van der Waals surface area (Å²) in [5.74, 6) is -0.0445. The molecule has 0 heterocycles. The molecule has 0 bridgehead atoms. The molecule has 1 fully saturated rings. The highest BCUT2D eigenvalue weighted by atomic mass is 16.5. The van der Waals surface area contributed by atoms with E-state index in [1.807, 2.05) is 24.3 Å². The van der Waals surface area contributed by atoms with Crippen LogP contribution in [0.3, 0.4) is 0 Å². The zero-order valence-electron chi connectivity index (χ0n) is 9.63. The van der Waals surface area contributed by atoms with Crippen LogP contribution >= 0.6 is 0 Å². The Labute approximate surface area is 101 Å². The Morgan fingerprint density at radius 1 is 1.53 bits per heavy atom. The van der Waals surface area contributed by atoms with E-state index in [1.54, 1.807) is 6.08 Å². The van der Waals surface area contributed by atoms with E-state index in [9.17, 15) is 4.79 Å². The van der Waals surface area contributed by atoms with Crippen LogP contribution in [-0.4, -0.2) is 17.2 Å². The average Bonchev–Trinajstić information content (AvgIpc) is 3.12. The van der Waals surface area contributed by atoms with E-state index in [0.717, 1.165) is 18.4 Å². The summed E-state index contributed by atoms with van der Waals surface area (Å²) in [7, 11) is 0. The van der Waals surface area contributed by atoms with Crippen molar-refractivity contribution in [3.05, 3.63) is 42.5 Å². The van der Waals surface area contributed by atoms with Crippen LogP contribution in [0, 0.1) is 5.92 Å². The van der Waals surface area contributed by atoms with Crippen molar-refractivity contribution in [3.63, 3.8) is 0 Å². The van der Waals surface area contributed by atoms with Crippen molar-refractivity contribution < 1.29 is 14.6 Å². The van der Waals surface area contributed by atoms with Gasteiger partial charge in [0, 0.05) is 5.92 Å². The van der Waals surface area contributed by atoms with Crippen molar-refractivity contribution in [2.45, 2.75) is 25.4 Å². The fourth-order valence-electron chi connectivity index (χ4n) is 1.83. The summed E-state index contributed by atoms with van der Waals surface area (Å²) in [6.07, 6.45) is 3.66. The minimum atomic E-state index is -0.874. The minimum absolute atomic E-state index is 0.171. The SMILES string of the molecule is C=CCc1ccccc1OC(C(=O)O)C1CC1. The van der Waals surface area contributed by atoms with Crippen molar-refractivity contribution in [2.75, 3.05) is 0 Å². The van der Waals surface area contributed by atoms with Crippen molar-refractivity contribution in [1.82, 2.24) is 0 Å². The lowest BCUT2D eigenvalue weighted by molar-refractivity contribution is -0.146. The molecule has 1 unspecified atom stereocenters. The van der Waals surface area contributed by atoms with Gasteiger partial charge in [-0.3, -0.25) is 0 Å². The normalized spacial score (nSPS) is 16.2. The zero-order chi connectivity index (χ0) is 12.3. The first-order valence-electron chi connectivity index (χ1n) is 5.80. The Bertz CT molecular complexity index is 421. The fourth-order valence-corrected chi connectivity index (χ4v) is 1.83. The fraction of sp³-hybridized carbons (Fsp3) is 0.357. The maximum Gasteiger partial charge on any atom is 0.345 e. The number of rotatable bonds is 6. The standard InChI is InChI=1S/C14H16O3/c1-2-5-10-6-3-4-7-12(10)17-13(14(15)16)11-8-9-11/h2-4,6-7,11,13H,1,5,8-9H2,(H,15,16). The summed E-state index contributed by atoms with van der Waals surface area (Å²) in [5, 5.41) is 9.12. The van der Waals surface area contributed by atoms with Gasteiger partial charge in [-0.05, 0) is 30.9 Å². The molecular formula is C14H16O3. The molecule has 1 atom stereocenters. The summed E-state index contributed by atoms with van der Waals surface area (Å²) in [5.41, 5.74) is 0.981. The van der Waals surface area contributed by atoms with Gasteiger partial charge < -0.3 is 9.84 Å². The monoisotopic (exact) mass is 232 g/mol. The van der Waals surface area contributed by atoms with Gasteiger partial charge in [0.15, 0.2) is 6.10 Å². The number of carboxylic acids is 1. The summed E-state index contributed by atoms with van der Waals surface area (Å²) >= 11 is 0. The van der Waals surface area contributed by atoms with Crippen molar-refractivity contribution in [2.24, 2.45) is 5.92 Å². The highest BCUT2D eigenvalue weighted by Crippen LogP contribution is 2.35. The van der Waals surface area contributed by atoms with Crippen LogP contribution in [-0.2, 0) is 11.2 Å². The first kappa shape index (κ1) is 11.7. The van der Waals surface area contributed by atoms with Crippen LogP contribution in [0.5, 0.6) is 5.75 Å². The first-order valence-corrected chi connectivity index (χ1v) is 5.80. The molecule has 0 amide bonds. The summed E-state index contributed by atoms with van der Waals surface area (Å²) < 4.78 is 5.64. The Kier molecular flexibility index (Phi) is 3.47. The van der Waals surface area contributed by atoms with Crippen LogP contribution in [0.4, 0.5) is 0 Å². The highest BCUT2D eigenvalue weighted by molar-refractivity contribution is 5.73. The second-order valence-corrected chi connectivity index (χ2v) is 4.31. The lowest BCUT2D eigenvalue weighted by atomic mass is 10.1. The van der Waals surface area contributed by atoms with Crippen LogP contribution in [0.15, 0.2) is 36.9 Å². The lowest BCUT2D eigenvalue weighted by Crippen LogP contribution is -2.29. The smallest absolute Gasteiger partial charge is 0.345 e. The third-order valence-corrected chi connectivity index (χ3v) is 2.88. The Hall–Kier alpha value is -1.77. The van der Waals surface area contributed by atoms with Gasteiger partial charge in [0.2, 0.25) is 0 Å². The Morgan fingerprint density at radius 3 is 2.82 bits per heavy atom. The van der Waals surface area contributed by atoms with Crippen LogP contribution in [0.25, 0.3) is 0 Å². The number of ether oxygens (including phenoxy) is 1. The number of carboxylic acid groups (broad SMARTS) is 1. The van der Waals surface area contributed by atoms with Crippen molar-refractivity contribution >= 4 is 5.97 Å². The molecule has 0 radical (unpaired) electrons. The lowest BCUT2D eigenvalue weighted by Gasteiger charge is -2.16. The molecule has 3 heteroatoms. The molecule has 1 N–H and O–H groups in total. The van der Waals surface area contributed by atoms with E-state index in [2.05, 4.69) is 6.58 Å². The molecule has 0 spiro atoms. The van der Waals surface area contributed by atoms with Gasteiger partial charge in [0.05, 0.1) is 0 Å². The zero-order valence-corrected chi connectivity index (χ0v) is 9.63. The molecular weight excluding hydrogens is 216 g/mol. The van der Waals surface area contributed by atoms with Crippen LogP contribution < -0.4 is 4.74 Å². The molecule has 90 valence electrons. The maximum atomic E-state index is 11.1. The van der Waals surface area contributed by atoms with Gasteiger partial charge in [-0.2, -0.15) is 0 Å². The Morgan fingerprint density at radius 2 is 2.24 bits per heavy atom. The van der Waals surface area contributed by atoms with E-state index in [-0.39, 0.29) is 5.92 Å². The predicted octanol–water partition coefficient (Wildman–Crippen LogP) is 2.66. The molecule has 1 saturated carbocycles. The first-order chi connectivity index (χ1) is 8.22. The molecule has 0 saturated heterocycles. The maximum absolute atomic E-state index is 11.1. The molecule has 0 aromatic heterocycles. The van der Waals surface area contributed by atoms with Gasteiger partial charge in [0.1, 0.15) is 5.75 Å². The molecule has 1 aromatic rings. The van der Waals surface area contributed by atoms with Gasteiger partial charge in [-0.1, -0.05) is 24.3 Å². The van der Waals surface area contributed by atoms with E-state index in [0.29, 0.717) is 12.2 Å². The van der Waals surface area contributed by atoms with Gasteiger partial charge in [0.25, 0.3) is 0 Å². The van der Waals surface area contributed by atoms with Crippen molar-refractivity contribution in [1.29, 1.82) is 0 Å². The van der Waals surface area contributed by atoms with E-state index < -0.39 is 12.1 Å². The number of allylic oxidation sites excluding steroid dienone is 1. The number of aliphatic carboxylic acids is 1. The second kappa shape index (κ2) is 5.04. The summed E-state index contributed by atoms with van der Waals surface area (Å²) in [4.78, 5) is 11.1. The van der Waals surface area contributed by atoms with Crippen LogP contribution in [0.1, 0.15) is 18.4 Å². The number of hydrogen-bond donors (Lipinski definition) is 1. The molecule has 1 aliphatic carbocycles. The number of para-hydroxylation sites is 1. The van der Waals surface area contributed by atoms with Crippen molar-refractivity contribution in [3.8, 4) is 5.75 Å². The molecule has 1 aliphatic rings. The third kappa shape index (κ3) is 2.87. The predicted molar refractivity (Wildman–Crippen MR) is 65.1 cm³/mol. The van der Waals surface area contributed by atoms with E-state index >= 15 is 0 Å². The molecule has 3 nitrogen and oxygen atoms in total. The molecule has 1 aromatic carbocycles. The third-order valence-electron chi connectivity index (χ3n) is 2.88. The number of benzene rings is 1. The molecule has 0 aliphatic heterocycles. The van der Waals surface area contributed by atoms with E-state index in [1.165, 1.54) is 0 Å². The summed E-state index contributed by atoms with van der Waals surface area (Å²) in [6, 6.07) is 7.52. The topological polar surface area (TPSA) is 46.5 Å². The Balaban J connectivity index is 2.15. The molecule has 2 rings (SSSR count). The number of hydrogen-bond acceptors (Lipinski definition) is 2. The quantitative estimate of drug-likeness (QED) is 0.767. The molecule has 17 heavy (non-hydrogen) atoms. The van der Waals surface area contributed by atoms with E-state index in [4.69, 9.17) is 9.84 Å². The second-order valence-electron chi connectivity index (χ2n) is 4.31. The highest BCUT2D eigenvalue weighted by Gasteiger charge is 2.38. The average molecular weight is 232 g/mol. The summed E-state index contributed by atoms with van der Waals surface area (Å²) in [6.45, 7) is 3.69. The number of carbonyl (C=O) groups is 1. The van der Waals surface area contributed by atoms with Crippen LogP contribution in [0.2, 0.25) is 0 Å². The largest absolute Gasteiger partial charge is 0.478 e.